The molecule has 2 aliphatic heterocycles. The Morgan fingerprint density at radius 1 is 1.11 bits per heavy atom. The van der Waals surface area contributed by atoms with E-state index in [4.69, 9.17) is 27.9 Å². The van der Waals surface area contributed by atoms with Crippen molar-refractivity contribution in [3.05, 3.63) is 74.0 Å². The van der Waals surface area contributed by atoms with Crippen LogP contribution in [0.1, 0.15) is 28.8 Å². The summed E-state index contributed by atoms with van der Waals surface area (Å²) in [6, 6.07) is 11.4. The van der Waals surface area contributed by atoms with E-state index in [0.29, 0.717) is 40.6 Å². The number of aryl methyl sites for hydroxylation is 1. The van der Waals surface area contributed by atoms with Crippen LogP contribution in [0.2, 0.25) is 10.0 Å². The number of rotatable bonds is 5. The SMILES string of the molecule is Cc1ccc2[nH]c(=O)cc(C(=O)N3CCN(c4ccc(Cl)c(Cl)c4)CC3C(=O)NCC3CCCO3)c2c1. The molecule has 10 heteroatoms. The van der Waals surface area contributed by atoms with Gasteiger partial charge in [0.25, 0.3) is 5.91 Å². The molecular formula is C27H28Cl2N4O4. The molecule has 5 rings (SSSR count). The molecule has 2 aliphatic rings. The van der Waals surface area contributed by atoms with Crippen LogP contribution in [0.25, 0.3) is 10.9 Å². The van der Waals surface area contributed by atoms with E-state index in [1.165, 1.54) is 6.07 Å². The third-order valence-corrected chi connectivity index (χ3v) is 7.71. The molecule has 37 heavy (non-hydrogen) atoms. The summed E-state index contributed by atoms with van der Waals surface area (Å²) < 4.78 is 5.65. The lowest BCUT2D eigenvalue weighted by Crippen LogP contribution is -2.61. The molecule has 0 bridgehead atoms. The molecule has 3 heterocycles. The highest BCUT2D eigenvalue weighted by molar-refractivity contribution is 6.42. The van der Waals surface area contributed by atoms with Crippen LogP contribution in [0.15, 0.2) is 47.3 Å². The first-order valence-electron chi connectivity index (χ1n) is 12.3. The number of carbonyl (C=O) groups excluding carboxylic acids is 2. The van der Waals surface area contributed by atoms with E-state index >= 15 is 0 Å². The van der Waals surface area contributed by atoms with E-state index in [0.717, 1.165) is 24.1 Å². The van der Waals surface area contributed by atoms with Crippen LogP contribution in [0, 0.1) is 6.92 Å². The Balaban J connectivity index is 1.46. The number of benzene rings is 2. The summed E-state index contributed by atoms with van der Waals surface area (Å²) >= 11 is 12.3. The van der Waals surface area contributed by atoms with Crippen LogP contribution in [0.4, 0.5) is 5.69 Å². The molecule has 2 N–H and O–H groups in total. The Morgan fingerprint density at radius 2 is 1.95 bits per heavy atom. The lowest BCUT2D eigenvalue weighted by Gasteiger charge is -2.41. The number of fused-ring (bicyclic) bond motifs is 1. The molecule has 2 fully saturated rings. The quantitative estimate of drug-likeness (QED) is 0.511. The minimum Gasteiger partial charge on any atom is -0.376 e. The highest BCUT2D eigenvalue weighted by atomic mass is 35.5. The molecule has 8 nitrogen and oxygen atoms in total. The van der Waals surface area contributed by atoms with Gasteiger partial charge in [-0.05, 0) is 50.1 Å². The van der Waals surface area contributed by atoms with Gasteiger partial charge < -0.3 is 24.8 Å². The van der Waals surface area contributed by atoms with Gasteiger partial charge in [-0.2, -0.15) is 0 Å². The number of ether oxygens (including phenoxy) is 1. The summed E-state index contributed by atoms with van der Waals surface area (Å²) in [5, 5.41) is 4.49. The van der Waals surface area contributed by atoms with Gasteiger partial charge in [-0.25, -0.2) is 0 Å². The molecule has 0 radical (unpaired) electrons. The molecule has 1 aromatic heterocycles. The van der Waals surface area contributed by atoms with Gasteiger partial charge >= 0.3 is 0 Å². The Labute approximate surface area is 224 Å². The fourth-order valence-electron chi connectivity index (χ4n) is 5.00. The topological polar surface area (TPSA) is 94.7 Å². The number of aromatic amines is 1. The molecule has 0 saturated carbocycles. The van der Waals surface area contributed by atoms with Crippen molar-refractivity contribution < 1.29 is 14.3 Å². The molecular weight excluding hydrogens is 515 g/mol. The number of hydrogen-bond acceptors (Lipinski definition) is 5. The van der Waals surface area contributed by atoms with Crippen LogP contribution in [-0.2, 0) is 9.53 Å². The van der Waals surface area contributed by atoms with Gasteiger partial charge in [-0.1, -0.05) is 34.8 Å². The van der Waals surface area contributed by atoms with Crippen molar-refractivity contribution in [1.29, 1.82) is 0 Å². The Kier molecular flexibility index (Phi) is 7.42. The number of anilines is 1. The molecule has 0 spiro atoms. The van der Waals surface area contributed by atoms with Crippen LogP contribution in [-0.4, -0.2) is 66.6 Å². The smallest absolute Gasteiger partial charge is 0.255 e. The first-order chi connectivity index (χ1) is 17.8. The monoisotopic (exact) mass is 542 g/mol. The number of pyridine rings is 1. The van der Waals surface area contributed by atoms with Crippen molar-refractivity contribution in [3.63, 3.8) is 0 Å². The third kappa shape index (κ3) is 5.46. The maximum Gasteiger partial charge on any atom is 0.255 e. The molecule has 0 aliphatic carbocycles. The maximum atomic E-state index is 13.9. The average molecular weight is 543 g/mol. The normalized spacial score (nSPS) is 19.9. The van der Waals surface area contributed by atoms with E-state index in [-0.39, 0.29) is 42.1 Å². The summed E-state index contributed by atoms with van der Waals surface area (Å²) in [5.74, 6) is -0.619. The van der Waals surface area contributed by atoms with Crippen molar-refractivity contribution in [1.82, 2.24) is 15.2 Å². The number of amides is 2. The van der Waals surface area contributed by atoms with Gasteiger partial charge in [0.05, 0.1) is 21.7 Å². The predicted molar refractivity (Wildman–Crippen MR) is 145 cm³/mol. The Hall–Kier alpha value is -3.07. The average Bonchev–Trinajstić information content (AvgIpc) is 3.42. The zero-order valence-electron chi connectivity index (χ0n) is 20.4. The van der Waals surface area contributed by atoms with Crippen LogP contribution < -0.4 is 15.8 Å². The first kappa shape index (κ1) is 25.6. The number of aromatic nitrogens is 1. The third-order valence-electron chi connectivity index (χ3n) is 6.97. The summed E-state index contributed by atoms with van der Waals surface area (Å²) in [4.78, 5) is 46.1. The molecule has 3 aromatic rings. The summed E-state index contributed by atoms with van der Waals surface area (Å²) in [5.41, 5.74) is 2.27. The second-order valence-corrected chi connectivity index (χ2v) is 10.3. The van der Waals surface area contributed by atoms with Gasteiger partial charge in [0.2, 0.25) is 11.5 Å². The van der Waals surface area contributed by atoms with Gasteiger partial charge in [0.1, 0.15) is 6.04 Å². The van der Waals surface area contributed by atoms with Gasteiger partial charge in [-0.3, -0.25) is 14.4 Å². The molecule has 2 aromatic carbocycles. The number of nitrogens with one attached hydrogen (secondary N) is 2. The van der Waals surface area contributed by atoms with E-state index in [2.05, 4.69) is 10.3 Å². The minimum absolute atomic E-state index is 0.0255. The zero-order chi connectivity index (χ0) is 26.1. The predicted octanol–water partition coefficient (Wildman–Crippen LogP) is 3.77. The van der Waals surface area contributed by atoms with E-state index in [9.17, 15) is 14.4 Å². The molecule has 2 amide bonds. The lowest BCUT2D eigenvalue weighted by molar-refractivity contribution is -0.126. The van der Waals surface area contributed by atoms with E-state index < -0.39 is 6.04 Å². The van der Waals surface area contributed by atoms with E-state index in [1.807, 2.05) is 30.0 Å². The standard InChI is InChI=1S/C27H28Cl2N4O4/c1-16-4-7-23-19(11-16)20(13-25(34)31-23)27(36)33-9-8-32(17-5-6-21(28)22(29)12-17)15-24(33)26(35)30-14-18-3-2-10-37-18/h4-7,11-13,18,24H,2-3,8-10,14-15H2,1H3,(H,30,35)(H,31,34). The maximum absolute atomic E-state index is 13.9. The summed E-state index contributed by atoms with van der Waals surface area (Å²) in [7, 11) is 0. The minimum atomic E-state index is -0.781. The fraction of sp³-hybridized carbons (Fsp3) is 0.370. The summed E-state index contributed by atoms with van der Waals surface area (Å²) in [6.45, 7) is 4.04. The lowest BCUT2D eigenvalue weighted by atomic mass is 10.0. The Bertz CT molecular complexity index is 1400. The number of hydrogen-bond donors (Lipinski definition) is 2. The van der Waals surface area contributed by atoms with Gasteiger partial charge in [0.15, 0.2) is 0 Å². The number of H-pyrrole nitrogens is 1. The van der Waals surface area contributed by atoms with Crippen molar-refractivity contribution in [2.75, 3.05) is 37.7 Å². The van der Waals surface area contributed by atoms with Crippen LogP contribution in [0.5, 0.6) is 0 Å². The zero-order valence-corrected chi connectivity index (χ0v) is 21.9. The van der Waals surface area contributed by atoms with E-state index in [1.54, 1.807) is 23.1 Å². The molecule has 194 valence electrons. The molecule has 2 saturated heterocycles. The molecule has 2 unspecified atom stereocenters. The Morgan fingerprint density at radius 3 is 2.70 bits per heavy atom. The van der Waals surface area contributed by atoms with Crippen molar-refractivity contribution in [3.8, 4) is 0 Å². The number of nitrogens with zero attached hydrogens (tertiary/aromatic N) is 2. The highest BCUT2D eigenvalue weighted by Crippen LogP contribution is 2.29. The van der Waals surface area contributed by atoms with Crippen LogP contribution >= 0.6 is 23.2 Å². The van der Waals surface area contributed by atoms with Gasteiger partial charge in [-0.15, -0.1) is 0 Å². The number of halogens is 2. The van der Waals surface area contributed by atoms with Crippen molar-refractivity contribution in [2.45, 2.75) is 31.9 Å². The molecule has 2 atom stereocenters. The van der Waals surface area contributed by atoms with Crippen LogP contribution in [0.3, 0.4) is 0 Å². The number of carbonyl (C=O) groups is 2. The van der Waals surface area contributed by atoms with Crippen molar-refractivity contribution in [2.24, 2.45) is 0 Å². The fourth-order valence-corrected chi connectivity index (χ4v) is 5.30. The highest BCUT2D eigenvalue weighted by Gasteiger charge is 2.37. The number of piperazine rings is 1. The second-order valence-electron chi connectivity index (χ2n) is 9.54. The summed E-state index contributed by atoms with van der Waals surface area (Å²) in [6.07, 6.45) is 1.83. The first-order valence-corrected chi connectivity index (χ1v) is 13.1. The largest absolute Gasteiger partial charge is 0.376 e. The van der Waals surface area contributed by atoms with Crippen molar-refractivity contribution >= 4 is 51.6 Å². The van der Waals surface area contributed by atoms with Gasteiger partial charge in [0, 0.05) is 55.4 Å². The second kappa shape index (κ2) is 10.7.